The Labute approximate surface area is 178 Å². The summed E-state index contributed by atoms with van der Waals surface area (Å²) in [6, 6.07) is 7.76. The standard InChI is InChI=1S/C22H29NO6Si/c1-15-18(24)11-12-22(29-30(3,4)5)13-17(20(25)27-2)23(19(15)22)21(26)28-14-16-9-7-6-8-10-16/h6-12,15,17,19H,13-14H2,1-5H3/t15-,17-,19?,22-/m0/s1. The van der Waals surface area contributed by atoms with E-state index in [1.165, 1.54) is 18.1 Å². The number of allylic oxidation sites excluding steroid dienone is 1. The Kier molecular flexibility index (Phi) is 6.19. The molecule has 0 N–H and O–H groups in total. The van der Waals surface area contributed by atoms with Crippen molar-refractivity contribution in [1.29, 1.82) is 0 Å². The molecule has 0 aromatic heterocycles. The highest BCUT2D eigenvalue weighted by Crippen LogP contribution is 2.46. The second-order valence-electron chi connectivity index (χ2n) is 8.83. The van der Waals surface area contributed by atoms with Crippen LogP contribution in [0.4, 0.5) is 4.79 Å². The molecule has 30 heavy (non-hydrogen) atoms. The van der Waals surface area contributed by atoms with Crippen molar-refractivity contribution < 1.29 is 28.3 Å². The lowest BCUT2D eigenvalue weighted by Gasteiger charge is -2.44. The van der Waals surface area contributed by atoms with Gasteiger partial charge >= 0.3 is 12.1 Å². The number of carbonyl (C=O) groups excluding carboxylic acids is 3. The Balaban J connectivity index is 1.97. The molecule has 0 bridgehead atoms. The third-order valence-electron chi connectivity index (χ3n) is 5.49. The summed E-state index contributed by atoms with van der Waals surface area (Å²) in [6.45, 7) is 7.94. The quantitative estimate of drug-likeness (QED) is 0.526. The van der Waals surface area contributed by atoms with Gasteiger partial charge in [-0.1, -0.05) is 37.3 Å². The number of hydrogen-bond acceptors (Lipinski definition) is 6. The van der Waals surface area contributed by atoms with Gasteiger partial charge in [-0.2, -0.15) is 0 Å². The summed E-state index contributed by atoms with van der Waals surface area (Å²) in [5.41, 5.74) is -0.0977. The van der Waals surface area contributed by atoms with E-state index in [0.29, 0.717) is 0 Å². The first-order chi connectivity index (χ1) is 14.1. The van der Waals surface area contributed by atoms with Gasteiger partial charge in [-0.15, -0.1) is 0 Å². The van der Waals surface area contributed by atoms with Crippen LogP contribution in [-0.4, -0.2) is 55.9 Å². The van der Waals surface area contributed by atoms with Crippen LogP contribution in [0, 0.1) is 5.92 Å². The molecule has 4 atom stereocenters. The Morgan fingerprint density at radius 3 is 2.47 bits per heavy atom. The minimum absolute atomic E-state index is 0.0663. The molecule has 3 rings (SSSR count). The van der Waals surface area contributed by atoms with Crippen LogP contribution in [0.25, 0.3) is 0 Å². The Bertz CT molecular complexity index is 849. The number of amides is 1. The Hall–Kier alpha value is -2.45. The monoisotopic (exact) mass is 431 g/mol. The van der Waals surface area contributed by atoms with E-state index in [0.717, 1.165) is 5.56 Å². The van der Waals surface area contributed by atoms with E-state index in [4.69, 9.17) is 13.9 Å². The Morgan fingerprint density at radius 2 is 1.87 bits per heavy atom. The van der Waals surface area contributed by atoms with E-state index in [9.17, 15) is 14.4 Å². The summed E-state index contributed by atoms with van der Waals surface area (Å²) < 4.78 is 17.0. The number of rotatable bonds is 5. The number of benzene rings is 1. The normalized spacial score (nSPS) is 28.2. The van der Waals surface area contributed by atoms with E-state index in [1.54, 1.807) is 13.0 Å². The maximum absolute atomic E-state index is 13.2. The number of fused-ring (bicyclic) bond motifs is 1. The van der Waals surface area contributed by atoms with E-state index in [-0.39, 0.29) is 18.8 Å². The minimum Gasteiger partial charge on any atom is -0.467 e. The molecule has 1 unspecified atom stereocenters. The van der Waals surface area contributed by atoms with Gasteiger partial charge in [-0.3, -0.25) is 9.69 Å². The molecule has 1 aliphatic heterocycles. The summed E-state index contributed by atoms with van der Waals surface area (Å²) in [7, 11) is -0.809. The zero-order valence-corrected chi connectivity index (χ0v) is 19.1. The van der Waals surface area contributed by atoms with Crippen LogP contribution in [0.15, 0.2) is 42.5 Å². The van der Waals surface area contributed by atoms with Gasteiger partial charge in [0.2, 0.25) is 0 Å². The molecule has 1 amide bonds. The average molecular weight is 432 g/mol. The molecule has 1 aromatic rings. The number of methoxy groups -OCH3 is 1. The first-order valence-electron chi connectivity index (χ1n) is 10.1. The maximum Gasteiger partial charge on any atom is 0.411 e. The number of nitrogens with zero attached hydrogens (tertiary/aromatic N) is 1. The molecule has 2 aliphatic rings. The first-order valence-corrected chi connectivity index (χ1v) is 13.5. The number of hydrogen-bond donors (Lipinski definition) is 0. The molecule has 0 saturated carbocycles. The summed E-state index contributed by atoms with van der Waals surface area (Å²) in [4.78, 5) is 39.7. The lowest BCUT2D eigenvalue weighted by molar-refractivity contribution is -0.146. The van der Waals surface area contributed by atoms with Crippen molar-refractivity contribution in [3.63, 3.8) is 0 Å². The molecule has 8 heteroatoms. The van der Waals surface area contributed by atoms with E-state index >= 15 is 0 Å². The van der Waals surface area contributed by atoms with E-state index in [2.05, 4.69) is 0 Å². The summed E-state index contributed by atoms with van der Waals surface area (Å²) >= 11 is 0. The molecule has 1 fully saturated rings. The molecule has 0 radical (unpaired) electrons. The van der Waals surface area contributed by atoms with Crippen molar-refractivity contribution in [2.45, 2.75) is 57.3 Å². The fraction of sp³-hybridized carbons (Fsp3) is 0.500. The molecule has 1 aromatic carbocycles. The van der Waals surface area contributed by atoms with Crippen LogP contribution in [0.3, 0.4) is 0 Å². The van der Waals surface area contributed by atoms with Crippen molar-refractivity contribution in [2.75, 3.05) is 7.11 Å². The number of esters is 1. The topological polar surface area (TPSA) is 82.1 Å². The predicted molar refractivity (Wildman–Crippen MR) is 113 cm³/mol. The van der Waals surface area contributed by atoms with Gasteiger partial charge in [0.15, 0.2) is 14.1 Å². The fourth-order valence-corrected chi connectivity index (χ4v) is 5.80. The van der Waals surface area contributed by atoms with Crippen molar-refractivity contribution >= 4 is 26.2 Å². The van der Waals surface area contributed by atoms with Crippen molar-refractivity contribution in [3.05, 3.63) is 48.0 Å². The van der Waals surface area contributed by atoms with Crippen molar-refractivity contribution in [3.8, 4) is 0 Å². The Morgan fingerprint density at radius 1 is 1.20 bits per heavy atom. The fourth-order valence-electron chi connectivity index (χ4n) is 4.39. The molecule has 7 nitrogen and oxygen atoms in total. The minimum atomic E-state index is -2.09. The lowest BCUT2D eigenvalue weighted by atomic mass is 9.78. The zero-order chi connectivity index (χ0) is 22.1. The molecular formula is C22H29NO6Si. The second-order valence-corrected chi connectivity index (χ2v) is 13.3. The van der Waals surface area contributed by atoms with Gasteiger partial charge in [-0.25, -0.2) is 9.59 Å². The molecule has 162 valence electrons. The molecule has 1 aliphatic carbocycles. The highest BCUT2D eigenvalue weighted by Gasteiger charge is 2.61. The molecule has 1 saturated heterocycles. The SMILES string of the molecule is COC(=O)[C@@H]1C[C@@]2(O[Si](C)(C)C)C=CC(=O)[C@H](C)C2N1C(=O)OCc1ccccc1. The van der Waals surface area contributed by atoms with Crippen LogP contribution >= 0.6 is 0 Å². The second kappa shape index (κ2) is 8.35. The van der Waals surface area contributed by atoms with Crippen LogP contribution in [-0.2, 0) is 30.1 Å². The number of likely N-dealkylation sites (tertiary alicyclic amines) is 1. The lowest BCUT2D eigenvalue weighted by Crippen LogP contribution is -2.58. The van der Waals surface area contributed by atoms with Gasteiger partial charge in [0.25, 0.3) is 0 Å². The number of carbonyl (C=O) groups is 3. The highest BCUT2D eigenvalue weighted by atomic mass is 28.4. The van der Waals surface area contributed by atoms with Gasteiger partial charge < -0.3 is 13.9 Å². The third-order valence-corrected chi connectivity index (χ3v) is 6.48. The molecular weight excluding hydrogens is 402 g/mol. The molecule has 1 heterocycles. The first kappa shape index (κ1) is 22.2. The van der Waals surface area contributed by atoms with Crippen LogP contribution in [0.2, 0.25) is 19.6 Å². The predicted octanol–water partition coefficient (Wildman–Crippen LogP) is 3.30. The van der Waals surface area contributed by atoms with Gasteiger partial charge in [0.05, 0.1) is 18.8 Å². The van der Waals surface area contributed by atoms with Gasteiger partial charge in [0.1, 0.15) is 12.6 Å². The highest BCUT2D eigenvalue weighted by molar-refractivity contribution is 6.69. The molecule has 0 spiro atoms. The third kappa shape index (κ3) is 4.34. The smallest absolute Gasteiger partial charge is 0.411 e. The largest absolute Gasteiger partial charge is 0.467 e. The van der Waals surface area contributed by atoms with Crippen LogP contribution in [0.1, 0.15) is 18.9 Å². The summed E-state index contributed by atoms with van der Waals surface area (Å²) in [5.74, 6) is -1.20. The zero-order valence-electron chi connectivity index (χ0n) is 18.1. The van der Waals surface area contributed by atoms with E-state index < -0.39 is 44.0 Å². The maximum atomic E-state index is 13.2. The van der Waals surface area contributed by atoms with Crippen molar-refractivity contribution in [2.24, 2.45) is 5.92 Å². The number of ketones is 1. The van der Waals surface area contributed by atoms with Gasteiger partial charge in [-0.05, 0) is 37.4 Å². The summed E-state index contributed by atoms with van der Waals surface area (Å²) in [5, 5.41) is 0. The van der Waals surface area contributed by atoms with Crippen molar-refractivity contribution in [1.82, 2.24) is 4.90 Å². The average Bonchev–Trinajstić information content (AvgIpc) is 3.03. The summed E-state index contributed by atoms with van der Waals surface area (Å²) in [6.07, 6.45) is 2.80. The van der Waals surface area contributed by atoms with Gasteiger partial charge in [0, 0.05) is 12.3 Å². The number of ether oxygens (including phenoxy) is 2. The van der Waals surface area contributed by atoms with Crippen LogP contribution in [0.5, 0.6) is 0 Å². The van der Waals surface area contributed by atoms with E-state index in [1.807, 2.05) is 50.0 Å². The van der Waals surface area contributed by atoms with Crippen LogP contribution < -0.4 is 0 Å².